The number of thioether (sulfide) groups is 1. The number of carbonyl (C=O) groups excluding carboxylic acids is 1. The van der Waals surface area contributed by atoms with Crippen LogP contribution in [0, 0.1) is 0 Å². The van der Waals surface area contributed by atoms with E-state index in [4.69, 9.17) is 5.73 Å². The van der Waals surface area contributed by atoms with E-state index in [2.05, 4.69) is 11.6 Å². The van der Waals surface area contributed by atoms with Crippen LogP contribution in [0.2, 0.25) is 0 Å². The maximum Gasteiger partial charge on any atom is 0.234 e. The van der Waals surface area contributed by atoms with Crippen molar-refractivity contribution in [3.8, 4) is 0 Å². The molecule has 0 aliphatic heterocycles. The van der Waals surface area contributed by atoms with Crippen LogP contribution in [-0.4, -0.2) is 29.5 Å². The van der Waals surface area contributed by atoms with Crippen molar-refractivity contribution in [3.05, 3.63) is 0 Å². The molecule has 0 spiro atoms. The summed E-state index contributed by atoms with van der Waals surface area (Å²) >= 11 is 1.92. The van der Waals surface area contributed by atoms with Gasteiger partial charge in [-0.25, -0.2) is 0 Å². The number of rotatable bonds is 5. The van der Waals surface area contributed by atoms with Gasteiger partial charge in [0.15, 0.2) is 0 Å². The molecule has 3 atom stereocenters. The number of nitrogens with one attached hydrogen (secondary N) is 1. The van der Waals surface area contributed by atoms with Crippen LogP contribution in [0.5, 0.6) is 0 Å². The fraction of sp³-hybridized carbons (Fsp3) is 0.900. The van der Waals surface area contributed by atoms with Crippen molar-refractivity contribution in [2.24, 2.45) is 5.73 Å². The molecule has 1 aliphatic carbocycles. The highest BCUT2D eigenvalue weighted by Gasteiger charge is 2.26. The molecule has 3 N–H and O–H groups in total. The standard InChI is InChI=1S/C10H20N2OS/c1-3-9(10(11)13)12-7-4-5-8(6-7)14-2/h7-9,12H,3-6H2,1-2H3,(H2,11,13). The summed E-state index contributed by atoms with van der Waals surface area (Å²) in [6.45, 7) is 1.99. The Morgan fingerprint density at radius 2 is 2.36 bits per heavy atom. The summed E-state index contributed by atoms with van der Waals surface area (Å²) in [4.78, 5) is 11.0. The van der Waals surface area contributed by atoms with Crippen LogP contribution in [-0.2, 0) is 4.79 Å². The maximum absolute atomic E-state index is 11.0. The Kier molecular flexibility index (Phi) is 4.75. The Bertz CT molecular complexity index is 199. The van der Waals surface area contributed by atoms with Gasteiger partial charge in [-0.3, -0.25) is 4.79 Å². The summed E-state index contributed by atoms with van der Waals surface area (Å²) in [6, 6.07) is 0.352. The third kappa shape index (κ3) is 3.17. The van der Waals surface area contributed by atoms with Crippen LogP contribution in [0.3, 0.4) is 0 Å². The van der Waals surface area contributed by atoms with Crippen LogP contribution in [0.25, 0.3) is 0 Å². The summed E-state index contributed by atoms with van der Waals surface area (Å²) in [5.74, 6) is -0.222. The van der Waals surface area contributed by atoms with E-state index in [-0.39, 0.29) is 11.9 Å². The van der Waals surface area contributed by atoms with E-state index in [1.807, 2.05) is 18.7 Å². The van der Waals surface area contributed by atoms with Gasteiger partial charge in [-0.15, -0.1) is 0 Å². The molecule has 0 aromatic carbocycles. The number of nitrogens with two attached hydrogens (primary N) is 1. The molecule has 1 aliphatic rings. The van der Waals surface area contributed by atoms with Gasteiger partial charge < -0.3 is 11.1 Å². The quantitative estimate of drug-likeness (QED) is 0.724. The van der Waals surface area contributed by atoms with Gasteiger partial charge in [-0.1, -0.05) is 6.92 Å². The zero-order chi connectivity index (χ0) is 10.6. The minimum Gasteiger partial charge on any atom is -0.368 e. The summed E-state index contributed by atoms with van der Waals surface area (Å²) in [7, 11) is 0. The first-order valence-corrected chi connectivity index (χ1v) is 6.54. The van der Waals surface area contributed by atoms with Crippen LogP contribution >= 0.6 is 11.8 Å². The summed E-state index contributed by atoms with van der Waals surface area (Å²) in [6.07, 6.45) is 6.54. The minimum atomic E-state index is -0.222. The van der Waals surface area contributed by atoms with Gasteiger partial charge in [0.1, 0.15) is 0 Å². The molecule has 0 heterocycles. The number of hydrogen-bond donors (Lipinski definition) is 2. The highest BCUT2D eigenvalue weighted by atomic mass is 32.2. The van der Waals surface area contributed by atoms with Crippen molar-refractivity contribution in [1.29, 1.82) is 0 Å². The van der Waals surface area contributed by atoms with E-state index in [1.54, 1.807) is 0 Å². The lowest BCUT2D eigenvalue weighted by Gasteiger charge is -2.18. The molecule has 1 amide bonds. The Morgan fingerprint density at radius 1 is 1.64 bits per heavy atom. The average Bonchev–Trinajstić information content (AvgIpc) is 2.61. The van der Waals surface area contributed by atoms with Gasteiger partial charge in [0.05, 0.1) is 6.04 Å². The van der Waals surface area contributed by atoms with E-state index >= 15 is 0 Å². The van der Waals surface area contributed by atoms with E-state index in [9.17, 15) is 4.79 Å². The highest BCUT2D eigenvalue weighted by molar-refractivity contribution is 7.99. The van der Waals surface area contributed by atoms with Crippen molar-refractivity contribution < 1.29 is 4.79 Å². The largest absolute Gasteiger partial charge is 0.368 e. The van der Waals surface area contributed by atoms with E-state index < -0.39 is 0 Å². The van der Waals surface area contributed by atoms with Crippen molar-refractivity contribution in [2.45, 2.75) is 49.9 Å². The fourth-order valence-electron chi connectivity index (χ4n) is 1.99. The lowest BCUT2D eigenvalue weighted by molar-refractivity contribution is -0.120. The molecule has 14 heavy (non-hydrogen) atoms. The molecule has 0 radical (unpaired) electrons. The first-order chi connectivity index (χ1) is 6.67. The first kappa shape index (κ1) is 11.9. The summed E-state index contributed by atoms with van der Waals surface area (Å²) < 4.78 is 0. The topological polar surface area (TPSA) is 55.1 Å². The van der Waals surface area contributed by atoms with E-state index in [0.717, 1.165) is 11.7 Å². The molecule has 82 valence electrons. The van der Waals surface area contributed by atoms with Crippen molar-refractivity contribution in [1.82, 2.24) is 5.32 Å². The monoisotopic (exact) mass is 216 g/mol. The van der Waals surface area contributed by atoms with Gasteiger partial charge in [0, 0.05) is 11.3 Å². The van der Waals surface area contributed by atoms with Gasteiger partial charge in [0.25, 0.3) is 0 Å². The second-order valence-corrected chi connectivity index (χ2v) is 5.04. The van der Waals surface area contributed by atoms with Crippen LogP contribution in [0.15, 0.2) is 0 Å². The first-order valence-electron chi connectivity index (χ1n) is 5.25. The predicted octanol–water partition coefficient (Wildman–Crippen LogP) is 1.12. The highest BCUT2D eigenvalue weighted by Crippen LogP contribution is 2.28. The molecular formula is C10H20N2OS. The number of amides is 1. The maximum atomic E-state index is 11.0. The van der Waals surface area contributed by atoms with Crippen molar-refractivity contribution >= 4 is 17.7 Å². The molecule has 0 aromatic rings. The third-order valence-electron chi connectivity index (χ3n) is 2.91. The summed E-state index contributed by atoms with van der Waals surface area (Å²) in [5, 5.41) is 4.10. The number of primary amides is 1. The predicted molar refractivity (Wildman–Crippen MR) is 61.4 cm³/mol. The molecule has 3 nitrogen and oxygen atoms in total. The van der Waals surface area contributed by atoms with Gasteiger partial charge in [-0.2, -0.15) is 11.8 Å². The fourth-order valence-corrected chi connectivity index (χ4v) is 2.79. The molecule has 1 rings (SSSR count). The Hall–Kier alpha value is -0.220. The van der Waals surface area contributed by atoms with E-state index in [0.29, 0.717) is 6.04 Å². The third-order valence-corrected chi connectivity index (χ3v) is 4.00. The Labute approximate surface area is 90.2 Å². The SMILES string of the molecule is CCC(NC1CCC(SC)C1)C(N)=O. The summed E-state index contributed by atoms with van der Waals surface area (Å²) in [5.41, 5.74) is 5.29. The Balaban J connectivity index is 2.33. The van der Waals surface area contributed by atoms with Crippen molar-refractivity contribution in [3.63, 3.8) is 0 Å². The molecule has 1 saturated carbocycles. The van der Waals surface area contributed by atoms with Gasteiger partial charge >= 0.3 is 0 Å². The van der Waals surface area contributed by atoms with Crippen molar-refractivity contribution in [2.75, 3.05) is 6.26 Å². The zero-order valence-corrected chi connectivity index (χ0v) is 9.77. The van der Waals surface area contributed by atoms with E-state index in [1.165, 1.54) is 19.3 Å². The molecule has 0 aromatic heterocycles. The minimum absolute atomic E-state index is 0.138. The second kappa shape index (κ2) is 5.61. The lowest BCUT2D eigenvalue weighted by Crippen LogP contribution is -2.45. The number of hydrogen-bond acceptors (Lipinski definition) is 3. The molecule has 1 fully saturated rings. The Morgan fingerprint density at radius 3 is 2.79 bits per heavy atom. The van der Waals surface area contributed by atoms with Gasteiger partial charge in [-0.05, 0) is 31.9 Å². The average molecular weight is 216 g/mol. The lowest BCUT2D eigenvalue weighted by atomic mass is 10.1. The second-order valence-electron chi connectivity index (χ2n) is 3.90. The normalized spacial score (nSPS) is 29.0. The zero-order valence-electron chi connectivity index (χ0n) is 8.95. The molecular weight excluding hydrogens is 196 g/mol. The molecule has 4 heteroatoms. The van der Waals surface area contributed by atoms with Crippen LogP contribution in [0.1, 0.15) is 32.6 Å². The van der Waals surface area contributed by atoms with Crippen LogP contribution < -0.4 is 11.1 Å². The molecule has 0 bridgehead atoms. The number of carbonyl (C=O) groups is 1. The van der Waals surface area contributed by atoms with Crippen LogP contribution in [0.4, 0.5) is 0 Å². The molecule has 3 unspecified atom stereocenters. The molecule has 0 saturated heterocycles. The van der Waals surface area contributed by atoms with Gasteiger partial charge in [0.2, 0.25) is 5.91 Å². The smallest absolute Gasteiger partial charge is 0.234 e.